The largest absolute Gasteiger partial charge is 0.264 e. The number of hydrogen-bond donors (Lipinski definition) is 2. The number of sulfone groups is 2. The molecule has 0 unspecified atom stereocenters. The standard InChI is InChI=1S/C14H12N4O4S2/c19-23(20,11-7-3-1-4-8-11)13-15-17-14(18-16-13)24(21,22)12-9-5-2-6-10-12/h1-10H,(H,15,16)(H,17,18). The van der Waals surface area contributed by atoms with Gasteiger partial charge < -0.3 is 0 Å². The predicted molar refractivity (Wildman–Crippen MR) is 88.4 cm³/mol. The van der Waals surface area contributed by atoms with Crippen molar-refractivity contribution in [3.63, 3.8) is 0 Å². The van der Waals surface area contributed by atoms with Gasteiger partial charge in [0.2, 0.25) is 19.7 Å². The lowest BCUT2D eigenvalue weighted by Crippen LogP contribution is -2.41. The summed E-state index contributed by atoms with van der Waals surface area (Å²) in [5, 5.41) is 6.25. The highest BCUT2D eigenvalue weighted by Crippen LogP contribution is 2.14. The van der Waals surface area contributed by atoms with E-state index in [1.54, 1.807) is 36.4 Å². The Balaban J connectivity index is 1.87. The Morgan fingerprint density at radius 1 is 0.583 bits per heavy atom. The molecule has 0 atom stereocenters. The van der Waals surface area contributed by atoms with Crippen LogP contribution >= 0.6 is 0 Å². The number of hydrazone groups is 2. The van der Waals surface area contributed by atoms with Gasteiger partial charge in [0, 0.05) is 0 Å². The molecule has 2 N–H and O–H groups in total. The Morgan fingerprint density at radius 2 is 0.917 bits per heavy atom. The molecule has 0 saturated heterocycles. The second-order valence-corrected chi connectivity index (χ2v) is 8.42. The normalized spacial score (nSPS) is 14.8. The predicted octanol–water partition coefficient (Wildman–Crippen LogP) is 0.669. The number of hydrogen-bond acceptors (Lipinski definition) is 8. The lowest BCUT2D eigenvalue weighted by atomic mass is 10.4. The van der Waals surface area contributed by atoms with Gasteiger partial charge in [-0.2, -0.15) is 0 Å². The Labute approximate surface area is 138 Å². The molecule has 0 amide bonds. The molecule has 0 bridgehead atoms. The van der Waals surface area contributed by atoms with Crippen LogP contribution in [0.5, 0.6) is 0 Å². The maximum atomic E-state index is 12.4. The van der Waals surface area contributed by atoms with Gasteiger partial charge in [-0.1, -0.05) is 36.4 Å². The van der Waals surface area contributed by atoms with Crippen LogP contribution < -0.4 is 10.9 Å². The van der Waals surface area contributed by atoms with E-state index in [0.717, 1.165) is 0 Å². The zero-order valence-electron chi connectivity index (χ0n) is 12.1. The molecule has 2 aromatic rings. The number of rotatable bonds is 2. The lowest BCUT2D eigenvalue weighted by molar-refractivity contribution is 0.601. The van der Waals surface area contributed by atoms with Gasteiger partial charge in [-0.05, 0) is 24.3 Å². The van der Waals surface area contributed by atoms with Gasteiger partial charge in [-0.15, -0.1) is 10.2 Å². The Hall–Kier alpha value is -2.72. The summed E-state index contributed by atoms with van der Waals surface area (Å²) in [5.74, 6) is 0. The van der Waals surface area contributed by atoms with E-state index in [1.165, 1.54) is 24.3 Å². The van der Waals surface area contributed by atoms with Gasteiger partial charge in [0.15, 0.2) is 0 Å². The number of nitrogens with one attached hydrogen (secondary N) is 2. The second-order valence-electron chi connectivity index (χ2n) is 4.69. The number of benzene rings is 2. The van der Waals surface area contributed by atoms with Crippen LogP contribution in [0.4, 0.5) is 0 Å². The molecule has 0 spiro atoms. The summed E-state index contributed by atoms with van der Waals surface area (Å²) in [6.45, 7) is 0. The van der Waals surface area contributed by atoms with Crippen molar-refractivity contribution in [3.8, 4) is 0 Å². The van der Waals surface area contributed by atoms with E-state index in [1.807, 2.05) is 0 Å². The molecular formula is C14H12N4O4S2. The SMILES string of the molecule is O=S(=O)(C1=NNC(S(=O)(=O)c2ccccc2)=NN1)c1ccccc1. The highest BCUT2D eigenvalue weighted by atomic mass is 32.2. The zero-order valence-corrected chi connectivity index (χ0v) is 13.8. The van der Waals surface area contributed by atoms with Crippen LogP contribution in [0.2, 0.25) is 0 Å². The first-order valence-corrected chi connectivity index (χ1v) is 9.67. The minimum atomic E-state index is -3.92. The monoisotopic (exact) mass is 364 g/mol. The van der Waals surface area contributed by atoms with Gasteiger partial charge in [-0.25, -0.2) is 27.7 Å². The third-order valence-electron chi connectivity index (χ3n) is 3.12. The highest BCUT2D eigenvalue weighted by Gasteiger charge is 2.29. The van der Waals surface area contributed by atoms with Crippen LogP contribution in [-0.4, -0.2) is 27.2 Å². The van der Waals surface area contributed by atoms with E-state index in [9.17, 15) is 16.8 Å². The van der Waals surface area contributed by atoms with Crippen molar-refractivity contribution in [1.82, 2.24) is 10.9 Å². The smallest absolute Gasteiger partial charge is 0.247 e. The topological polar surface area (TPSA) is 117 Å². The van der Waals surface area contributed by atoms with Gasteiger partial charge in [0.25, 0.3) is 10.3 Å². The fraction of sp³-hybridized carbons (Fsp3) is 0. The average Bonchev–Trinajstić information content (AvgIpc) is 2.63. The summed E-state index contributed by atoms with van der Waals surface area (Å²) in [6, 6.07) is 15.2. The molecular weight excluding hydrogens is 352 g/mol. The van der Waals surface area contributed by atoms with Crippen LogP contribution in [0.15, 0.2) is 80.7 Å². The van der Waals surface area contributed by atoms with Crippen molar-refractivity contribution in [2.24, 2.45) is 10.2 Å². The molecule has 1 heterocycles. The molecule has 1 aliphatic rings. The highest BCUT2D eigenvalue weighted by molar-refractivity contribution is 8.07. The summed E-state index contributed by atoms with van der Waals surface area (Å²) in [7, 11) is -7.84. The van der Waals surface area contributed by atoms with Crippen LogP contribution in [0.1, 0.15) is 0 Å². The van der Waals surface area contributed by atoms with E-state index < -0.39 is 30.0 Å². The molecule has 0 aromatic heterocycles. The summed E-state index contributed by atoms with van der Waals surface area (Å²) in [4.78, 5) is 0.0326. The Bertz CT molecular complexity index is 929. The Kier molecular flexibility index (Phi) is 4.08. The molecule has 0 aliphatic carbocycles. The maximum absolute atomic E-state index is 12.4. The quantitative estimate of drug-likeness (QED) is 0.809. The first-order valence-electron chi connectivity index (χ1n) is 6.70. The van der Waals surface area contributed by atoms with Crippen LogP contribution in [0.25, 0.3) is 0 Å². The van der Waals surface area contributed by atoms with Crippen LogP contribution in [-0.2, 0) is 19.7 Å². The zero-order chi connectivity index (χ0) is 17.2. The average molecular weight is 364 g/mol. The third-order valence-corrected chi connectivity index (χ3v) is 6.29. The first kappa shape index (κ1) is 16.1. The van der Waals surface area contributed by atoms with Crippen molar-refractivity contribution in [3.05, 3.63) is 60.7 Å². The van der Waals surface area contributed by atoms with Crippen molar-refractivity contribution >= 4 is 30.0 Å². The van der Waals surface area contributed by atoms with Crippen molar-refractivity contribution in [2.75, 3.05) is 0 Å². The van der Waals surface area contributed by atoms with Crippen LogP contribution in [0.3, 0.4) is 0 Å². The minimum absolute atomic E-state index is 0.0163. The molecule has 0 saturated carbocycles. The van der Waals surface area contributed by atoms with Crippen LogP contribution in [0, 0.1) is 0 Å². The maximum Gasteiger partial charge on any atom is 0.264 e. The molecule has 24 heavy (non-hydrogen) atoms. The van der Waals surface area contributed by atoms with Crippen molar-refractivity contribution < 1.29 is 16.8 Å². The molecule has 0 radical (unpaired) electrons. The fourth-order valence-electron chi connectivity index (χ4n) is 1.91. The summed E-state index contributed by atoms with van der Waals surface area (Å²) >= 11 is 0. The molecule has 10 heteroatoms. The Morgan fingerprint density at radius 3 is 1.21 bits per heavy atom. The van der Waals surface area contributed by atoms with Gasteiger partial charge in [-0.3, -0.25) is 0 Å². The van der Waals surface area contributed by atoms with E-state index in [0.29, 0.717) is 0 Å². The summed E-state index contributed by atoms with van der Waals surface area (Å²) in [6.07, 6.45) is 0. The van der Waals surface area contributed by atoms with Crippen molar-refractivity contribution in [2.45, 2.75) is 9.79 Å². The van der Waals surface area contributed by atoms with E-state index in [4.69, 9.17) is 0 Å². The lowest BCUT2D eigenvalue weighted by Gasteiger charge is -2.15. The minimum Gasteiger partial charge on any atom is -0.247 e. The van der Waals surface area contributed by atoms with Gasteiger partial charge in [0.05, 0.1) is 9.79 Å². The summed E-state index contributed by atoms with van der Waals surface area (Å²) < 4.78 is 49.4. The first-order chi connectivity index (χ1) is 11.4. The second kappa shape index (κ2) is 6.06. The summed E-state index contributed by atoms with van der Waals surface area (Å²) in [5.41, 5.74) is 4.38. The molecule has 124 valence electrons. The molecule has 2 aromatic carbocycles. The fourth-order valence-corrected chi connectivity index (χ4v) is 4.05. The van der Waals surface area contributed by atoms with Gasteiger partial charge >= 0.3 is 0 Å². The van der Waals surface area contributed by atoms with E-state index in [-0.39, 0.29) is 9.79 Å². The molecule has 1 aliphatic heterocycles. The van der Waals surface area contributed by atoms with E-state index in [2.05, 4.69) is 21.1 Å². The molecule has 3 rings (SSSR count). The third kappa shape index (κ3) is 2.88. The van der Waals surface area contributed by atoms with Gasteiger partial charge in [0.1, 0.15) is 0 Å². The number of amidine groups is 2. The van der Waals surface area contributed by atoms with Crippen molar-refractivity contribution in [1.29, 1.82) is 0 Å². The molecule has 0 fully saturated rings. The molecule has 8 nitrogen and oxygen atoms in total. The van der Waals surface area contributed by atoms with E-state index >= 15 is 0 Å². The number of nitrogens with zero attached hydrogens (tertiary/aromatic N) is 2.